The minimum absolute atomic E-state index is 0.00777. The Balaban J connectivity index is 1.35. The first-order valence-corrected chi connectivity index (χ1v) is 11.7. The number of para-hydroxylation sites is 1. The topological polar surface area (TPSA) is 62.6 Å². The molecular weight excluding hydrogens is 370 g/mol. The number of quaternary nitrogens is 1. The number of thioether (sulfide) groups is 1. The van der Waals surface area contributed by atoms with Crippen LogP contribution in [0.2, 0.25) is 0 Å². The highest BCUT2D eigenvalue weighted by atomic mass is 32.2. The standard InChI is InChI=1S/C22H31N3O2S/c26-20(15-19-21(27)24-17-9-3-4-10-18(17)28-19)23-16-22(11-5-1-6-12-22)25-13-7-2-8-14-25/h3-4,9-10,19H,1-2,5-8,11-16H2,(H,23,26)(H,24,27)/p+1/t19-/m1/s1. The maximum atomic E-state index is 12.7. The molecule has 1 saturated heterocycles. The largest absolute Gasteiger partial charge is 0.350 e. The van der Waals surface area contributed by atoms with Gasteiger partial charge in [0.05, 0.1) is 30.6 Å². The molecule has 1 atom stereocenters. The predicted molar refractivity (Wildman–Crippen MR) is 113 cm³/mol. The predicted octanol–water partition coefficient (Wildman–Crippen LogP) is 2.38. The summed E-state index contributed by atoms with van der Waals surface area (Å²) < 4.78 is 0. The van der Waals surface area contributed by atoms with Crippen LogP contribution in [0.15, 0.2) is 29.2 Å². The number of carbonyl (C=O) groups is 2. The summed E-state index contributed by atoms with van der Waals surface area (Å²) in [5, 5.41) is 5.82. The molecule has 0 aromatic heterocycles. The molecule has 0 radical (unpaired) electrons. The number of benzene rings is 1. The summed E-state index contributed by atoms with van der Waals surface area (Å²) in [6.45, 7) is 3.25. The zero-order chi connectivity index (χ0) is 19.4. The minimum atomic E-state index is -0.348. The van der Waals surface area contributed by atoms with Gasteiger partial charge in [-0.25, -0.2) is 0 Å². The summed E-state index contributed by atoms with van der Waals surface area (Å²) in [5.74, 6) is -0.0544. The van der Waals surface area contributed by atoms with Gasteiger partial charge in [-0.1, -0.05) is 18.6 Å². The molecule has 6 heteroatoms. The Morgan fingerprint density at radius 2 is 1.82 bits per heavy atom. The van der Waals surface area contributed by atoms with Gasteiger partial charge in [-0.2, -0.15) is 0 Å². The molecule has 3 aliphatic rings. The third-order valence-electron chi connectivity index (χ3n) is 6.72. The van der Waals surface area contributed by atoms with E-state index >= 15 is 0 Å². The van der Waals surface area contributed by atoms with Crippen LogP contribution in [-0.4, -0.2) is 42.2 Å². The third-order valence-corrected chi connectivity index (χ3v) is 7.99. The number of nitrogens with one attached hydrogen (secondary N) is 3. The molecule has 5 nitrogen and oxygen atoms in total. The molecule has 4 rings (SSSR count). The molecule has 152 valence electrons. The average molecular weight is 403 g/mol. The lowest BCUT2D eigenvalue weighted by Crippen LogP contribution is -3.22. The summed E-state index contributed by atoms with van der Waals surface area (Å²) in [4.78, 5) is 27.9. The number of rotatable bonds is 5. The number of carbonyl (C=O) groups excluding carboxylic acids is 2. The molecule has 28 heavy (non-hydrogen) atoms. The minimum Gasteiger partial charge on any atom is -0.350 e. The van der Waals surface area contributed by atoms with Crippen molar-refractivity contribution in [3.05, 3.63) is 24.3 Å². The second kappa shape index (κ2) is 8.87. The van der Waals surface area contributed by atoms with Crippen molar-refractivity contribution in [3.63, 3.8) is 0 Å². The molecule has 3 N–H and O–H groups in total. The number of amides is 2. The Labute approximate surface area is 172 Å². The van der Waals surface area contributed by atoms with Crippen molar-refractivity contribution in [3.8, 4) is 0 Å². The number of fused-ring (bicyclic) bond motifs is 1. The van der Waals surface area contributed by atoms with Crippen LogP contribution >= 0.6 is 11.8 Å². The first kappa shape index (κ1) is 19.8. The van der Waals surface area contributed by atoms with E-state index in [0.29, 0.717) is 0 Å². The first-order chi connectivity index (χ1) is 13.7. The number of hydrogen-bond acceptors (Lipinski definition) is 3. The molecule has 1 aromatic rings. The molecule has 0 spiro atoms. The molecule has 1 aliphatic carbocycles. The van der Waals surface area contributed by atoms with Crippen LogP contribution in [0.5, 0.6) is 0 Å². The highest BCUT2D eigenvalue weighted by Crippen LogP contribution is 2.36. The molecule has 1 saturated carbocycles. The van der Waals surface area contributed by atoms with Gasteiger partial charge < -0.3 is 15.5 Å². The van der Waals surface area contributed by atoms with Gasteiger partial charge in [0.15, 0.2) is 0 Å². The van der Waals surface area contributed by atoms with Crippen molar-refractivity contribution in [2.24, 2.45) is 0 Å². The number of anilines is 1. The normalized spacial score (nSPS) is 24.9. The van der Waals surface area contributed by atoms with Crippen molar-refractivity contribution in [2.45, 2.75) is 73.5 Å². The Morgan fingerprint density at radius 3 is 2.61 bits per heavy atom. The van der Waals surface area contributed by atoms with Gasteiger partial charge in [-0.05, 0) is 44.2 Å². The summed E-state index contributed by atoms with van der Waals surface area (Å²) in [7, 11) is 0. The van der Waals surface area contributed by atoms with Gasteiger partial charge in [0.1, 0.15) is 5.54 Å². The summed E-state index contributed by atoms with van der Waals surface area (Å²) in [6, 6.07) is 7.79. The van der Waals surface area contributed by atoms with E-state index in [2.05, 4.69) is 10.6 Å². The highest BCUT2D eigenvalue weighted by Gasteiger charge is 2.42. The molecule has 0 bridgehead atoms. The fraction of sp³-hybridized carbons (Fsp3) is 0.636. The molecule has 0 unspecified atom stereocenters. The quantitative estimate of drug-likeness (QED) is 0.709. The Bertz CT molecular complexity index is 711. The van der Waals surface area contributed by atoms with Crippen molar-refractivity contribution in [1.82, 2.24) is 5.32 Å². The van der Waals surface area contributed by atoms with Gasteiger partial charge in [-0.3, -0.25) is 9.59 Å². The summed E-state index contributed by atoms with van der Waals surface area (Å²) in [5.41, 5.74) is 1.06. The maximum absolute atomic E-state index is 12.7. The first-order valence-electron chi connectivity index (χ1n) is 10.8. The fourth-order valence-corrected chi connectivity index (χ4v) is 6.24. The van der Waals surface area contributed by atoms with Crippen molar-refractivity contribution in [2.75, 3.05) is 25.0 Å². The molecular formula is C22H32N3O2S+. The van der Waals surface area contributed by atoms with E-state index in [1.54, 1.807) is 4.90 Å². The molecule has 2 aliphatic heterocycles. The van der Waals surface area contributed by atoms with Gasteiger partial charge in [0.2, 0.25) is 11.8 Å². The van der Waals surface area contributed by atoms with Gasteiger partial charge >= 0.3 is 0 Å². The lowest BCUT2D eigenvalue weighted by atomic mass is 9.79. The highest BCUT2D eigenvalue weighted by molar-refractivity contribution is 8.01. The molecule has 2 heterocycles. The van der Waals surface area contributed by atoms with Crippen molar-refractivity contribution in [1.29, 1.82) is 0 Å². The monoisotopic (exact) mass is 402 g/mol. The average Bonchev–Trinajstić information content (AvgIpc) is 2.74. The molecule has 2 fully saturated rings. The van der Waals surface area contributed by atoms with E-state index in [4.69, 9.17) is 0 Å². The SMILES string of the molecule is O=C(C[C@H]1Sc2ccccc2NC1=O)NCC1([NH+]2CCCCC2)CCCCC1. The zero-order valence-corrected chi connectivity index (χ0v) is 17.4. The maximum Gasteiger partial charge on any atom is 0.238 e. The lowest BCUT2D eigenvalue weighted by Gasteiger charge is -2.45. The van der Waals surface area contributed by atoms with Gasteiger partial charge in [0.25, 0.3) is 0 Å². The molecule has 1 aromatic carbocycles. The van der Waals surface area contributed by atoms with Crippen LogP contribution in [0.1, 0.15) is 57.8 Å². The van der Waals surface area contributed by atoms with Crippen LogP contribution in [0.4, 0.5) is 5.69 Å². The van der Waals surface area contributed by atoms with Crippen LogP contribution in [0.25, 0.3) is 0 Å². The van der Waals surface area contributed by atoms with E-state index < -0.39 is 0 Å². The summed E-state index contributed by atoms with van der Waals surface area (Å²) >= 11 is 1.50. The van der Waals surface area contributed by atoms with Gasteiger partial charge in [-0.15, -0.1) is 11.8 Å². The van der Waals surface area contributed by atoms with Gasteiger partial charge in [0, 0.05) is 24.2 Å². The van der Waals surface area contributed by atoms with E-state index in [0.717, 1.165) is 17.1 Å². The van der Waals surface area contributed by atoms with Crippen LogP contribution < -0.4 is 15.5 Å². The third kappa shape index (κ3) is 4.38. The van der Waals surface area contributed by atoms with E-state index in [9.17, 15) is 9.59 Å². The number of piperidine rings is 1. The Hall–Kier alpha value is -1.53. The van der Waals surface area contributed by atoms with Crippen LogP contribution in [-0.2, 0) is 9.59 Å². The second-order valence-electron chi connectivity index (χ2n) is 8.58. The van der Waals surface area contributed by atoms with E-state index in [-0.39, 0.29) is 29.0 Å². The van der Waals surface area contributed by atoms with Crippen molar-refractivity contribution < 1.29 is 14.5 Å². The summed E-state index contributed by atoms with van der Waals surface area (Å²) in [6.07, 6.45) is 10.5. The number of hydrogen-bond donors (Lipinski definition) is 3. The second-order valence-corrected chi connectivity index (χ2v) is 9.82. The Kier molecular flexibility index (Phi) is 6.26. The zero-order valence-electron chi connectivity index (χ0n) is 16.6. The van der Waals surface area contributed by atoms with Crippen LogP contribution in [0.3, 0.4) is 0 Å². The van der Waals surface area contributed by atoms with E-state index in [1.165, 1.54) is 76.2 Å². The Morgan fingerprint density at radius 1 is 1.11 bits per heavy atom. The number of likely N-dealkylation sites (tertiary alicyclic amines) is 1. The van der Waals surface area contributed by atoms with Crippen molar-refractivity contribution >= 4 is 29.3 Å². The van der Waals surface area contributed by atoms with E-state index in [1.807, 2.05) is 24.3 Å². The lowest BCUT2D eigenvalue weighted by molar-refractivity contribution is -0.957. The van der Waals surface area contributed by atoms with Crippen LogP contribution in [0, 0.1) is 0 Å². The smallest absolute Gasteiger partial charge is 0.238 e. The fourth-order valence-electron chi connectivity index (χ4n) is 5.13. The molecule has 2 amide bonds.